The number of aryl methyl sites for hydroxylation is 1. The Bertz CT molecular complexity index is 667. The molecule has 0 bridgehead atoms. The fourth-order valence-corrected chi connectivity index (χ4v) is 1.57. The summed E-state index contributed by atoms with van der Waals surface area (Å²) in [4.78, 5) is 7.90. The van der Waals surface area contributed by atoms with Crippen molar-refractivity contribution in [1.29, 1.82) is 0 Å². The van der Waals surface area contributed by atoms with E-state index in [4.69, 9.17) is 5.73 Å². The van der Waals surface area contributed by atoms with Crippen LogP contribution in [0.5, 0.6) is 5.75 Å². The van der Waals surface area contributed by atoms with E-state index in [2.05, 4.69) is 25.1 Å². The largest absolute Gasteiger partial charge is 0.573 e. The van der Waals surface area contributed by atoms with Gasteiger partial charge in [-0.3, -0.25) is 4.68 Å². The normalized spacial score (nSPS) is 12.3. The Balaban J connectivity index is 2.06. The summed E-state index contributed by atoms with van der Waals surface area (Å²) in [6.07, 6.45) is -3.29. The standard InChI is InChI=1S/C12H13F3N6O/c1-21-7-18-10(20-21)6-17-11(16)19-8-4-2-3-5-9(8)22-12(13,14)15/h2-5,7H,6H2,1H3,(H3,16,17,19). The monoisotopic (exact) mass is 314 g/mol. The molecule has 0 fully saturated rings. The van der Waals surface area contributed by atoms with Crippen LogP contribution in [-0.4, -0.2) is 27.1 Å². The Kier molecular flexibility index (Phi) is 4.49. The van der Waals surface area contributed by atoms with Crippen molar-refractivity contribution in [3.05, 3.63) is 36.4 Å². The highest BCUT2D eigenvalue weighted by atomic mass is 19.4. The van der Waals surface area contributed by atoms with Crippen LogP contribution in [0.3, 0.4) is 0 Å². The van der Waals surface area contributed by atoms with Gasteiger partial charge in [0.2, 0.25) is 0 Å². The van der Waals surface area contributed by atoms with Crippen molar-refractivity contribution in [2.24, 2.45) is 17.8 Å². The molecule has 7 nitrogen and oxygen atoms in total. The maximum atomic E-state index is 12.3. The maximum absolute atomic E-state index is 12.3. The minimum atomic E-state index is -4.79. The zero-order valence-electron chi connectivity index (χ0n) is 11.5. The second kappa shape index (κ2) is 6.33. The number of aromatic nitrogens is 3. The minimum absolute atomic E-state index is 0.0510. The van der Waals surface area contributed by atoms with Crippen LogP contribution in [0.4, 0.5) is 18.9 Å². The molecule has 1 aromatic carbocycles. The van der Waals surface area contributed by atoms with Gasteiger partial charge in [-0.25, -0.2) is 9.98 Å². The number of hydrogen-bond acceptors (Lipinski definition) is 4. The zero-order valence-corrected chi connectivity index (χ0v) is 11.5. The topological polar surface area (TPSA) is 90.4 Å². The van der Waals surface area contributed by atoms with Gasteiger partial charge in [0.25, 0.3) is 0 Å². The lowest BCUT2D eigenvalue weighted by Crippen LogP contribution is -2.24. The number of ether oxygens (including phenoxy) is 1. The van der Waals surface area contributed by atoms with Crippen molar-refractivity contribution in [2.45, 2.75) is 12.9 Å². The van der Waals surface area contributed by atoms with Crippen molar-refractivity contribution in [3.8, 4) is 5.75 Å². The van der Waals surface area contributed by atoms with E-state index in [9.17, 15) is 13.2 Å². The lowest BCUT2D eigenvalue weighted by molar-refractivity contribution is -0.274. The Morgan fingerprint density at radius 3 is 2.77 bits per heavy atom. The predicted octanol–water partition coefficient (Wildman–Crippen LogP) is 1.64. The minimum Gasteiger partial charge on any atom is -0.404 e. The van der Waals surface area contributed by atoms with Gasteiger partial charge in [-0.1, -0.05) is 12.1 Å². The molecule has 10 heteroatoms. The molecule has 0 aliphatic carbocycles. The van der Waals surface area contributed by atoms with Gasteiger partial charge in [0.1, 0.15) is 12.9 Å². The Morgan fingerprint density at radius 2 is 2.14 bits per heavy atom. The SMILES string of the molecule is Cn1cnc(CN=C(N)Nc2ccccc2OC(F)(F)F)n1. The second-order valence-corrected chi connectivity index (χ2v) is 4.20. The van der Waals surface area contributed by atoms with E-state index in [1.165, 1.54) is 29.2 Å². The molecule has 0 spiro atoms. The van der Waals surface area contributed by atoms with Crippen LogP contribution in [0.1, 0.15) is 5.82 Å². The van der Waals surface area contributed by atoms with Gasteiger partial charge in [-0.15, -0.1) is 13.2 Å². The number of nitrogens with one attached hydrogen (secondary N) is 1. The number of aliphatic imine (C=N–C) groups is 1. The van der Waals surface area contributed by atoms with Gasteiger partial charge in [0.05, 0.1) is 5.69 Å². The quantitative estimate of drug-likeness (QED) is 0.661. The molecule has 0 unspecified atom stereocenters. The van der Waals surface area contributed by atoms with Crippen LogP contribution in [0, 0.1) is 0 Å². The number of nitrogens with two attached hydrogens (primary N) is 1. The Hall–Kier alpha value is -2.78. The predicted molar refractivity (Wildman–Crippen MR) is 73.1 cm³/mol. The molecule has 0 aliphatic rings. The number of anilines is 1. The summed E-state index contributed by atoms with van der Waals surface area (Å²) in [7, 11) is 1.70. The van der Waals surface area contributed by atoms with Gasteiger partial charge in [0, 0.05) is 7.05 Å². The van der Waals surface area contributed by atoms with Crippen molar-refractivity contribution in [2.75, 3.05) is 5.32 Å². The number of guanidine groups is 1. The Morgan fingerprint density at radius 1 is 1.41 bits per heavy atom. The van der Waals surface area contributed by atoms with Gasteiger partial charge >= 0.3 is 6.36 Å². The summed E-state index contributed by atoms with van der Waals surface area (Å²) < 4.78 is 42.3. The van der Waals surface area contributed by atoms with Crippen molar-refractivity contribution in [3.63, 3.8) is 0 Å². The first kappa shape index (κ1) is 15.6. The van der Waals surface area contributed by atoms with Gasteiger partial charge < -0.3 is 15.8 Å². The first-order valence-electron chi connectivity index (χ1n) is 6.10. The highest BCUT2D eigenvalue weighted by Gasteiger charge is 2.32. The van der Waals surface area contributed by atoms with E-state index < -0.39 is 12.1 Å². The van der Waals surface area contributed by atoms with Crippen LogP contribution < -0.4 is 15.8 Å². The first-order chi connectivity index (χ1) is 10.3. The molecule has 118 valence electrons. The molecule has 2 rings (SSSR count). The van der Waals surface area contributed by atoms with Gasteiger partial charge in [-0.2, -0.15) is 5.10 Å². The van der Waals surface area contributed by atoms with Crippen LogP contribution in [0.15, 0.2) is 35.6 Å². The smallest absolute Gasteiger partial charge is 0.404 e. The molecule has 22 heavy (non-hydrogen) atoms. The molecule has 0 radical (unpaired) electrons. The lowest BCUT2D eigenvalue weighted by Gasteiger charge is -2.13. The average Bonchev–Trinajstić information content (AvgIpc) is 2.83. The molecule has 0 aliphatic heterocycles. The Labute approximate surface area is 123 Å². The molecule has 1 heterocycles. The van der Waals surface area contributed by atoms with Crippen molar-refractivity contribution in [1.82, 2.24) is 14.8 Å². The molecule has 1 aromatic heterocycles. The van der Waals surface area contributed by atoms with E-state index in [0.29, 0.717) is 5.82 Å². The summed E-state index contributed by atoms with van der Waals surface area (Å²) in [6.45, 7) is 0.0992. The van der Waals surface area contributed by atoms with Gasteiger partial charge in [-0.05, 0) is 12.1 Å². The molecular formula is C12H13F3N6O. The summed E-state index contributed by atoms with van der Waals surface area (Å²) in [5.41, 5.74) is 5.68. The highest BCUT2D eigenvalue weighted by molar-refractivity contribution is 5.93. The fraction of sp³-hybridized carbons (Fsp3) is 0.250. The van der Waals surface area contributed by atoms with Gasteiger partial charge in [0.15, 0.2) is 17.5 Å². The van der Waals surface area contributed by atoms with Crippen LogP contribution in [-0.2, 0) is 13.6 Å². The molecule has 3 N–H and O–H groups in total. The fourth-order valence-electron chi connectivity index (χ4n) is 1.57. The van der Waals surface area contributed by atoms with E-state index >= 15 is 0 Å². The molecule has 0 saturated carbocycles. The number of rotatable bonds is 4. The third-order valence-electron chi connectivity index (χ3n) is 2.41. The van der Waals surface area contributed by atoms with E-state index in [1.54, 1.807) is 13.1 Å². The van der Waals surface area contributed by atoms with Crippen molar-refractivity contribution >= 4 is 11.6 Å². The number of benzene rings is 1. The number of halogens is 3. The number of nitrogens with zero attached hydrogens (tertiary/aromatic N) is 4. The van der Waals surface area contributed by atoms with Crippen molar-refractivity contribution < 1.29 is 17.9 Å². The zero-order chi connectivity index (χ0) is 16.2. The second-order valence-electron chi connectivity index (χ2n) is 4.20. The number of alkyl halides is 3. The maximum Gasteiger partial charge on any atom is 0.573 e. The third kappa shape index (κ3) is 4.65. The number of para-hydroxylation sites is 2. The average molecular weight is 314 g/mol. The van der Waals surface area contributed by atoms with E-state index in [-0.39, 0.29) is 18.2 Å². The molecular weight excluding hydrogens is 301 g/mol. The summed E-state index contributed by atoms with van der Waals surface area (Å²) in [6, 6.07) is 5.52. The number of hydrogen-bond donors (Lipinski definition) is 2. The molecule has 0 saturated heterocycles. The van der Waals surface area contributed by atoms with Crippen LogP contribution in [0.25, 0.3) is 0 Å². The van der Waals surface area contributed by atoms with E-state index in [1.807, 2.05) is 0 Å². The highest BCUT2D eigenvalue weighted by Crippen LogP contribution is 2.29. The van der Waals surface area contributed by atoms with Crippen LogP contribution in [0.2, 0.25) is 0 Å². The lowest BCUT2D eigenvalue weighted by atomic mass is 10.3. The van der Waals surface area contributed by atoms with Crippen LogP contribution >= 0.6 is 0 Å². The molecule has 0 amide bonds. The first-order valence-corrected chi connectivity index (χ1v) is 6.10. The summed E-state index contributed by atoms with van der Waals surface area (Å²) in [5.74, 6) is -0.0399. The summed E-state index contributed by atoms with van der Waals surface area (Å²) in [5, 5.41) is 6.55. The molecule has 2 aromatic rings. The molecule has 0 atom stereocenters. The third-order valence-corrected chi connectivity index (χ3v) is 2.41. The summed E-state index contributed by atoms with van der Waals surface area (Å²) >= 11 is 0. The van der Waals surface area contributed by atoms with E-state index in [0.717, 1.165) is 0 Å².